The molecule has 1 saturated heterocycles. The van der Waals surface area contributed by atoms with Gasteiger partial charge in [0.15, 0.2) is 0 Å². The van der Waals surface area contributed by atoms with Crippen molar-refractivity contribution in [1.29, 1.82) is 5.26 Å². The number of hydrogen-bond donors (Lipinski definition) is 0. The van der Waals surface area contributed by atoms with Crippen molar-refractivity contribution < 1.29 is 9.53 Å². The van der Waals surface area contributed by atoms with Gasteiger partial charge in [0.05, 0.1) is 17.7 Å². The van der Waals surface area contributed by atoms with Crippen molar-refractivity contribution in [1.82, 2.24) is 9.88 Å². The molecule has 2 unspecified atom stereocenters. The summed E-state index contributed by atoms with van der Waals surface area (Å²) < 4.78 is 5.90. The van der Waals surface area contributed by atoms with Crippen LogP contribution in [0.3, 0.4) is 0 Å². The van der Waals surface area contributed by atoms with Gasteiger partial charge in [-0.05, 0) is 30.9 Å². The van der Waals surface area contributed by atoms with Crippen LogP contribution >= 0.6 is 0 Å². The van der Waals surface area contributed by atoms with Gasteiger partial charge in [0.2, 0.25) is 5.91 Å². The van der Waals surface area contributed by atoms with Crippen LogP contribution in [-0.2, 0) is 9.53 Å². The number of pyridine rings is 1. The predicted molar refractivity (Wildman–Crippen MR) is 95.1 cm³/mol. The minimum Gasteiger partial charge on any atom is -0.368 e. The van der Waals surface area contributed by atoms with Crippen LogP contribution in [0.1, 0.15) is 38.2 Å². The maximum atomic E-state index is 12.4. The van der Waals surface area contributed by atoms with Crippen LogP contribution in [0.2, 0.25) is 0 Å². The molecule has 1 aromatic rings. The molecule has 1 aromatic heterocycles. The van der Waals surface area contributed by atoms with E-state index < -0.39 is 0 Å². The Balaban J connectivity index is 1.46. The Kier molecular flexibility index (Phi) is 5.87. The van der Waals surface area contributed by atoms with Crippen molar-refractivity contribution >= 4 is 11.7 Å². The lowest BCUT2D eigenvalue weighted by Crippen LogP contribution is -2.50. The minimum absolute atomic E-state index is 0.0798. The van der Waals surface area contributed by atoms with Gasteiger partial charge in [-0.3, -0.25) is 4.79 Å². The lowest BCUT2D eigenvalue weighted by atomic mass is 9.88. The second-order valence-electron chi connectivity index (χ2n) is 6.99. The molecule has 0 spiro atoms. The van der Waals surface area contributed by atoms with E-state index in [4.69, 9.17) is 10.00 Å². The number of anilines is 1. The summed E-state index contributed by atoms with van der Waals surface area (Å²) in [6.45, 7) is 5.20. The van der Waals surface area contributed by atoms with E-state index in [0.717, 1.165) is 25.3 Å². The summed E-state index contributed by atoms with van der Waals surface area (Å²) in [5, 5.41) is 9.00. The maximum Gasteiger partial charge on any atom is 0.248 e. The van der Waals surface area contributed by atoms with Gasteiger partial charge in [0.1, 0.15) is 12.4 Å². The van der Waals surface area contributed by atoms with E-state index in [0.29, 0.717) is 24.6 Å². The smallest absolute Gasteiger partial charge is 0.248 e. The molecule has 6 nitrogen and oxygen atoms in total. The zero-order valence-corrected chi connectivity index (χ0v) is 14.9. The topological polar surface area (TPSA) is 69.5 Å². The van der Waals surface area contributed by atoms with Gasteiger partial charge in [-0.25, -0.2) is 4.98 Å². The molecule has 25 heavy (non-hydrogen) atoms. The Hall–Kier alpha value is -2.13. The molecular weight excluding hydrogens is 316 g/mol. The number of piperazine rings is 1. The van der Waals surface area contributed by atoms with Gasteiger partial charge in [-0.2, -0.15) is 5.26 Å². The number of aromatic nitrogens is 1. The highest BCUT2D eigenvalue weighted by Crippen LogP contribution is 2.26. The van der Waals surface area contributed by atoms with Crippen LogP contribution in [0, 0.1) is 17.2 Å². The van der Waals surface area contributed by atoms with Crippen LogP contribution in [0.25, 0.3) is 0 Å². The zero-order chi connectivity index (χ0) is 17.6. The first-order chi connectivity index (χ1) is 12.2. The highest BCUT2D eigenvalue weighted by atomic mass is 16.5. The lowest BCUT2D eigenvalue weighted by molar-refractivity contribution is -0.140. The Morgan fingerprint density at radius 2 is 2.08 bits per heavy atom. The normalized spacial score (nSPS) is 24.0. The molecule has 0 aromatic carbocycles. The van der Waals surface area contributed by atoms with E-state index in [1.165, 1.54) is 19.3 Å². The molecule has 2 aliphatic rings. The molecular formula is C19H26N4O2. The summed E-state index contributed by atoms with van der Waals surface area (Å²) in [6.07, 6.45) is 6.64. The Morgan fingerprint density at radius 3 is 2.80 bits per heavy atom. The van der Waals surface area contributed by atoms with Crippen molar-refractivity contribution in [3.05, 3.63) is 23.9 Å². The molecule has 1 aliphatic heterocycles. The van der Waals surface area contributed by atoms with Gasteiger partial charge in [-0.15, -0.1) is 0 Å². The average Bonchev–Trinajstić information content (AvgIpc) is 2.67. The minimum atomic E-state index is 0.0798. The van der Waals surface area contributed by atoms with E-state index >= 15 is 0 Å². The van der Waals surface area contributed by atoms with E-state index in [2.05, 4.69) is 22.9 Å². The third-order valence-electron chi connectivity index (χ3n) is 5.28. The van der Waals surface area contributed by atoms with Crippen molar-refractivity contribution in [2.24, 2.45) is 5.92 Å². The average molecular weight is 342 g/mol. The summed E-state index contributed by atoms with van der Waals surface area (Å²) in [6, 6.07) is 5.64. The molecule has 2 fully saturated rings. The first-order valence-corrected chi connectivity index (χ1v) is 9.18. The third kappa shape index (κ3) is 4.49. The number of hydrogen-bond acceptors (Lipinski definition) is 5. The molecule has 2 heterocycles. The number of ether oxygens (including phenoxy) is 1. The van der Waals surface area contributed by atoms with E-state index in [1.807, 2.05) is 4.90 Å². The van der Waals surface area contributed by atoms with E-state index in [9.17, 15) is 4.79 Å². The fourth-order valence-electron chi connectivity index (χ4n) is 3.65. The quantitative estimate of drug-likeness (QED) is 0.839. The molecule has 3 rings (SSSR count). The van der Waals surface area contributed by atoms with Gasteiger partial charge >= 0.3 is 0 Å². The lowest BCUT2D eigenvalue weighted by Gasteiger charge is -2.36. The molecule has 0 radical (unpaired) electrons. The second kappa shape index (κ2) is 8.30. The molecule has 6 heteroatoms. The van der Waals surface area contributed by atoms with Crippen molar-refractivity contribution in [2.75, 3.05) is 37.7 Å². The second-order valence-corrected chi connectivity index (χ2v) is 6.99. The first kappa shape index (κ1) is 17.7. The zero-order valence-electron chi connectivity index (χ0n) is 14.9. The van der Waals surface area contributed by atoms with Crippen LogP contribution < -0.4 is 4.90 Å². The van der Waals surface area contributed by atoms with Crippen LogP contribution in [0.15, 0.2) is 18.3 Å². The number of rotatable bonds is 4. The standard InChI is InChI=1S/C19H26N4O2/c1-15-4-2-3-5-17(15)25-14-19(24)23-10-8-22(9-11-23)18-12-16(13-20)6-7-21-18/h6-7,12,15,17H,2-5,8-11,14H2,1H3. The van der Waals surface area contributed by atoms with Gasteiger partial charge in [0, 0.05) is 32.4 Å². The highest BCUT2D eigenvalue weighted by Gasteiger charge is 2.26. The number of nitriles is 1. The van der Waals surface area contributed by atoms with Crippen LogP contribution in [0.5, 0.6) is 0 Å². The monoisotopic (exact) mass is 342 g/mol. The van der Waals surface area contributed by atoms with Gasteiger partial charge < -0.3 is 14.5 Å². The Labute approximate surface area is 149 Å². The molecule has 0 N–H and O–H groups in total. The Bertz CT molecular complexity index is 635. The SMILES string of the molecule is CC1CCCCC1OCC(=O)N1CCN(c2cc(C#N)ccn2)CC1. The van der Waals surface area contributed by atoms with Gasteiger partial charge in [-0.1, -0.05) is 19.8 Å². The fraction of sp³-hybridized carbons (Fsp3) is 0.632. The molecule has 1 amide bonds. The molecule has 134 valence electrons. The van der Waals surface area contributed by atoms with Crippen molar-refractivity contribution in [2.45, 2.75) is 38.7 Å². The van der Waals surface area contributed by atoms with E-state index in [-0.39, 0.29) is 18.6 Å². The van der Waals surface area contributed by atoms with E-state index in [1.54, 1.807) is 18.3 Å². The molecule has 1 saturated carbocycles. The third-order valence-corrected chi connectivity index (χ3v) is 5.28. The summed E-state index contributed by atoms with van der Waals surface area (Å²) in [4.78, 5) is 20.7. The predicted octanol–water partition coefficient (Wildman–Crippen LogP) is 2.20. The summed E-state index contributed by atoms with van der Waals surface area (Å²) in [7, 11) is 0. The van der Waals surface area contributed by atoms with Crippen molar-refractivity contribution in [3.63, 3.8) is 0 Å². The van der Waals surface area contributed by atoms with Gasteiger partial charge in [0.25, 0.3) is 0 Å². The number of amides is 1. The Morgan fingerprint density at radius 1 is 1.32 bits per heavy atom. The van der Waals surface area contributed by atoms with Crippen molar-refractivity contribution in [3.8, 4) is 6.07 Å². The number of nitrogens with zero attached hydrogens (tertiary/aromatic N) is 4. The molecule has 1 aliphatic carbocycles. The largest absolute Gasteiger partial charge is 0.368 e. The summed E-state index contributed by atoms with van der Waals surface area (Å²) in [5.74, 6) is 1.44. The highest BCUT2D eigenvalue weighted by molar-refractivity contribution is 5.77. The summed E-state index contributed by atoms with van der Waals surface area (Å²) in [5.41, 5.74) is 0.610. The van der Waals surface area contributed by atoms with Crippen LogP contribution in [0.4, 0.5) is 5.82 Å². The maximum absolute atomic E-state index is 12.4. The van der Waals surface area contributed by atoms with Crippen LogP contribution in [-0.4, -0.2) is 54.7 Å². The molecule has 2 atom stereocenters. The number of carbonyl (C=O) groups is 1. The summed E-state index contributed by atoms with van der Waals surface area (Å²) >= 11 is 0. The fourth-order valence-corrected chi connectivity index (χ4v) is 3.65. The first-order valence-electron chi connectivity index (χ1n) is 9.18. The molecule has 0 bridgehead atoms. The number of carbonyl (C=O) groups excluding carboxylic acids is 1.